The predicted octanol–water partition coefficient (Wildman–Crippen LogP) is 1.88. The summed E-state index contributed by atoms with van der Waals surface area (Å²) < 4.78 is 13.5. The first kappa shape index (κ1) is 27.7. The van der Waals surface area contributed by atoms with Crippen LogP contribution in [0.15, 0.2) is 36.9 Å². The molecule has 210 valence electrons. The molecule has 1 unspecified atom stereocenters. The van der Waals surface area contributed by atoms with Crippen LogP contribution in [0, 0.1) is 11.8 Å². The number of likely N-dealkylation sites (tertiary alicyclic amines) is 1. The molecule has 12 heteroatoms. The van der Waals surface area contributed by atoms with Crippen molar-refractivity contribution in [3.8, 4) is 0 Å². The molecule has 0 aliphatic carbocycles. The van der Waals surface area contributed by atoms with Crippen molar-refractivity contribution >= 4 is 44.7 Å². The smallest absolute Gasteiger partial charge is 0.312 e. The van der Waals surface area contributed by atoms with Crippen molar-refractivity contribution < 1.29 is 29.0 Å². The van der Waals surface area contributed by atoms with Gasteiger partial charge in [0.2, 0.25) is 11.8 Å². The van der Waals surface area contributed by atoms with E-state index in [1.165, 1.54) is 0 Å². The molecule has 3 aliphatic heterocycles. The van der Waals surface area contributed by atoms with E-state index < -0.39 is 35.6 Å². The molecule has 3 aliphatic rings. The van der Waals surface area contributed by atoms with Crippen molar-refractivity contribution in [2.24, 2.45) is 11.8 Å². The molecular formula is C27H34BrN5O6. The molecule has 1 spiro atoms. The average Bonchev–Trinajstić information content (AvgIpc) is 3.64. The number of fused-ring (bicyclic) bond motifs is 2. The Bertz CT molecular complexity index is 1250. The van der Waals surface area contributed by atoms with Gasteiger partial charge in [-0.2, -0.15) is 0 Å². The van der Waals surface area contributed by atoms with Gasteiger partial charge in [-0.3, -0.25) is 14.4 Å². The largest absolute Gasteiger partial charge is 0.466 e. The first-order chi connectivity index (χ1) is 18.9. The van der Waals surface area contributed by atoms with E-state index in [1.807, 2.05) is 24.3 Å². The quantitative estimate of drug-likeness (QED) is 0.169. The molecule has 39 heavy (non-hydrogen) atoms. The summed E-state index contributed by atoms with van der Waals surface area (Å²) >= 11 is 3.67. The van der Waals surface area contributed by atoms with Gasteiger partial charge in [0.1, 0.15) is 23.8 Å². The highest BCUT2D eigenvalue weighted by Crippen LogP contribution is 2.60. The fraction of sp³-hybridized carbons (Fsp3) is 0.593. The Morgan fingerprint density at radius 3 is 2.87 bits per heavy atom. The zero-order chi connectivity index (χ0) is 27.7. The third kappa shape index (κ3) is 4.66. The maximum Gasteiger partial charge on any atom is 0.312 e. The second-order valence-electron chi connectivity index (χ2n) is 10.3. The summed E-state index contributed by atoms with van der Waals surface area (Å²) in [5, 5.41) is 17.7. The minimum atomic E-state index is -1.16. The second-order valence-corrected chi connectivity index (χ2v) is 11.5. The van der Waals surface area contributed by atoms with Gasteiger partial charge in [-0.05, 0) is 44.7 Å². The number of aromatic nitrogens is 3. The van der Waals surface area contributed by atoms with E-state index in [1.54, 1.807) is 27.5 Å². The number of carbonyl (C=O) groups is 3. The topological polar surface area (TPSA) is 127 Å². The van der Waals surface area contributed by atoms with E-state index in [0.29, 0.717) is 37.7 Å². The van der Waals surface area contributed by atoms with Crippen LogP contribution in [0.4, 0.5) is 0 Å². The van der Waals surface area contributed by atoms with E-state index >= 15 is 0 Å². The molecule has 2 amide bonds. The summed E-state index contributed by atoms with van der Waals surface area (Å²) in [7, 11) is 0. The molecule has 6 atom stereocenters. The standard InChI is InChI=1S/C27H34BrN5O6/c1-3-12-31(16-33-19-11-7-6-10-18(19)29-30-33)25(36)23-27-15-17(28)22(39-27)20(26(37)38-4-2)21(27)24(35)32(23)13-8-5-9-14-34/h3,6-7,10-11,17,20-23,34H,1,4-5,8-9,12-16H2,2H3/t17?,20-,21+,22-,23-,27+/m1/s1. The van der Waals surface area contributed by atoms with Gasteiger partial charge in [0.25, 0.3) is 0 Å². The number of esters is 1. The molecule has 1 aromatic carbocycles. The van der Waals surface area contributed by atoms with Crippen LogP contribution in [0.25, 0.3) is 11.0 Å². The number of carbonyl (C=O) groups excluding carboxylic acids is 3. The fourth-order valence-corrected chi connectivity index (χ4v) is 7.40. The Kier molecular flexibility index (Phi) is 8.06. The molecule has 0 saturated carbocycles. The second kappa shape index (κ2) is 11.3. The zero-order valence-electron chi connectivity index (χ0n) is 21.9. The molecule has 2 aromatic rings. The van der Waals surface area contributed by atoms with Crippen LogP contribution in [0.2, 0.25) is 0 Å². The third-order valence-electron chi connectivity index (χ3n) is 8.03. The first-order valence-corrected chi connectivity index (χ1v) is 14.4. The summed E-state index contributed by atoms with van der Waals surface area (Å²) in [6, 6.07) is 6.56. The van der Waals surface area contributed by atoms with Gasteiger partial charge in [-0.1, -0.05) is 39.4 Å². The number of alkyl halides is 1. The number of halogens is 1. The number of rotatable bonds is 12. The molecule has 4 heterocycles. The van der Waals surface area contributed by atoms with Crippen LogP contribution in [0.1, 0.15) is 32.6 Å². The number of amides is 2. The van der Waals surface area contributed by atoms with Gasteiger partial charge < -0.3 is 24.4 Å². The summed E-state index contributed by atoms with van der Waals surface area (Å²) in [4.78, 5) is 44.5. The lowest BCUT2D eigenvalue weighted by Crippen LogP contribution is -2.57. The van der Waals surface area contributed by atoms with Crippen molar-refractivity contribution in [1.82, 2.24) is 24.8 Å². The number of hydrogen-bond acceptors (Lipinski definition) is 8. The Labute approximate surface area is 235 Å². The number of para-hydroxylation sites is 1. The van der Waals surface area contributed by atoms with E-state index in [4.69, 9.17) is 9.47 Å². The number of ether oxygens (including phenoxy) is 2. The SMILES string of the molecule is C=CCN(Cn1nnc2ccccc21)C(=O)[C@H]1N(CCCCCO)C(=O)[C@@H]2[C@@H](C(=O)OCC)[C@@H]3O[C@@]21CC3Br. The molecule has 1 N–H and O–H groups in total. The first-order valence-electron chi connectivity index (χ1n) is 13.5. The monoisotopic (exact) mass is 603 g/mol. The highest BCUT2D eigenvalue weighted by atomic mass is 79.9. The molecule has 3 saturated heterocycles. The van der Waals surface area contributed by atoms with Gasteiger partial charge in [0, 0.05) is 24.5 Å². The lowest BCUT2D eigenvalue weighted by Gasteiger charge is -2.37. The van der Waals surface area contributed by atoms with E-state index in [2.05, 4.69) is 32.8 Å². The minimum absolute atomic E-state index is 0.0584. The van der Waals surface area contributed by atoms with Crippen molar-refractivity contribution in [3.05, 3.63) is 36.9 Å². The Balaban J connectivity index is 1.51. The van der Waals surface area contributed by atoms with E-state index in [0.717, 1.165) is 5.52 Å². The number of nitrogens with zero attached hydrogens (tertiary/aromatic N) is 5. The average molecular weight is 605 g/mol. The lowest BCUT2D eigenvalue weighted by atomic mass is 9.70. The van der Waals surface area contributed by atoms with Gasteiger partial charge in [0.15, 0.2) is 0 Å². The molecule has 1 aromatic heterocycles. The maximum absolute atomic E-state index is 14.4. The van der Waals surface area contributed by atoms with Crippen molar-refractivity contribution in [3.63, 3.8) is 0 Å². The Morgan fingerprint density at radius 2 is 2.13 bits per heavy atom. The molecular weight excluding hydrogens is 570 g/mol. The predicted molar refractivity (Wildman–Crippen MR) is 144 cm³/mol. The number of benzene rings is 1. The van der Waals surface area contributed by atoms with Crippen LogP contribution in [-0.4, -0.2) is 96.6 Å². The Morgan fingerprint density at radius 1 is 1.33 bits per heavy atom. The molecule has 11 nitrogen and oxygen atoms in total. The molecule has 5 rings (SSSR count). The van der Waals surface area contributed by atoms with Gasteiger partial charge in [-0.15, -0.1) is 11.7 Å². The van der Waals surface area contributed by atoms with Gasteiger partial charge in [0.05, 0.1) is 30.1 Å². The van der Waals surface area contributed by atoms with Crippen LogP contribution in [0.3, 0.4) is 0 Å². The normalized spacial score (nSPS) is 29.2. The molecule has 2 bridgehead atoms. The number of aliphatic hydroxyl groups excluding tert-OH is 1. The van der Waals surface area contributed by atoms with Crippen molar-refractivity contribution in [1.29, 1.82) is 0 Å². The summed E-state index contributed by atoms with van der Waals surface area (Å²) in [6.07, 6.45) is 3.41. The lowest BCUT2D eigenvalue weighted by molar-refractivity contribution is -0.155. The molecule has 3 fully saturated rings. The highest BCUT2D eigenvalue weighted by Gasteiger charge is 2.77. The fourth-order valence-electron chi connectivity index (χ4n) is 6.46. The number of unbranched alkanes of at least 4 members (excludes halogenated alkanes) is 2. The zero-order valence-corrected chi connectivity index (χ0v) is 23.5. The van der Waals surface area contributed by atoms with Crippen LogP contribution >= 0.6 is 15.9 Å². The number of aliphatic hydroxyl groups is 1. The van der Waals surface area contributed by atoms with Gasteiger partial charge >= 0.3 is 5.97 Å². The number of hydrogen-bond donors (Lipinski definition) is 1. The third-order valence-corrected chi connectivity index (χ3v) is 8.87. The van der Waals surface area contributed by atoms with Crippen molar-refractivity contribution in [2.75, 3.05) is 26.3 Å². The Hall–Kier alpha value is -2.83. The van der Waals surface area contributed by atoms with Crippen LogP contribution in [-0.2, 0) is 30.5 Å². The van der Waals surface area contributed by atoms with E-state index in [9.17, 15) is 19.5 Å². The maximum atomic E-state index is 14.4. The van der Waals surface area contributed by atoms with Crippen LogP contribution < -0.4 is 0 Å². The summed E-state index contributed by atoms with van der Waals surface area (Å²) in [5.41, 5.74) is 0.325. The minimum Gasteiger partial charge on any atom is -0.466 e. The summed E-state index contributed by atoms with van der Waals surface area (Å²) in [6.45, 7) is 6.46. The highest BCUT2D eigenvalue weighted by molar-refractivity contribution is 9.09. The van der Waals surface area contributed by atoms with Crippen molar-refractivity contribution in [2.45, 2.75) is 61.8 Å². The molecule has 0 radical (unpaired) electrons. The van der Waals surface area contributed by atoms with E-state index in [-0.39, 0.29) is 43.1 Å². The van der Waals surface area contributed by atoms with Crippen LogP contribution in [0.5, 0.6) is 0 Å². The summed E-state index contributed by atoms with van der Waals surface area (Å²) in [5.74, 6) is -2.63. The van der Waals surface area contributed by atoms with Gasteiger partial charge in [-0.25, -0.2) is 4.68 Å².